The van der Waals surface area contributed by atoms with Crippen molar-refractivity contribution in [3.8, 4) is 0 Å². The fourth-order valence-electron chi connectivity index (χ4n) is 2.56. The molecule has 0 atom stereocenters. The standard InChI is InChI=1S/C20H23ClN2O5S/c1-13(2)28-20(25)12-23(17-7-10-19(21)14(3)11-17)29(26,27)18-8-5-16(6-9-18)22-15(4)24/h5-11,13H,12H2,1-4H3,(H,22,24). The summed E-state index contributed by atoms with van der Waals surface area (Å²) in [5, 5.41) is 3.06. The topological polar surface area (TPSA) is 92.8 Å². The van der Waals surface area contributed by atoms with Crippen molar-refractivity contribution >= 4 is 44.9 Å². The molecule has 29 heavy (non-hydrogen) atoms. The summed E-state index contributed by atoms with van der Waals surface area (Å²) in [5.41, 5.74) is 1.42. The van der Waals surface area contributed by atoms with Crippen molar-refractivity contribution in [1.29, 1.82) is 0 Å². The van der Waals surface area contributed by atoms with Gasteiger partial charge in [0.25, 0.3) is 10.0 Å². The number of aryl methyl sites for hydroxylation is 1. The minimum Gasteiger partial charge on any atom is -0.462 e. The number of carbonyl (C=O) groups excluding carboxylic acids is 2. The van der Waals surface area contributed by atoms with Gasteiger partial charge in [0.05, 0.1) is 16.7 Å². The Kier molecular flexibility index (Phi) is 7.26. The molecule has 0 aliphatic heterocycles. The van der Waals surface area contributed by atoms with Gasteiger partial charge in [-0.2, -0.15) is 0 Å². The SMILES string of the molecule is CC(=O)Nc1ccc(S(=O)(=O)N(CC(=O)OC(C)C)c2ccc(Cl)c(C)c2)cc1. The molecule has 0 fully saturated rings. The van der Waals surface area contributed by atoms with Gasteiger partial charge in [-0.25, -0.2) is 8.42 Å². The van der Waals surface area contributed by atoms with Crippen LogP contribution in [0, 0.1) is 6.92 Å². The fraction of sp³-hybridized carbons (Fsp3) is 0.300. The van der Waals surface area contributed by atoms with Gasteiger partial charge in [0.15, 0.2) is 0 Å². The molecule has 7 nitrogen and oxygen atoms in total. The van der Waals surface area contributed by atoms with E-state index in [1.54, 1.807) is 32.9 Å². The molecule has 156 valence electrons. The molecule has 1 amide bonds. The molecule has 0 unspecified atom stereocenters. The number of sulfonamides is 1. The summed E-state index contributed by atoms with van der Waals surface area (Å²) in [6.45, 7) is 5.98. The molecule has 0 spiro atoms. The molecule has 0 aromatic heterocycles. The fourth-order valence-corrected chi connectivity index (χ4v) is 4.08. The van der Waals surface area contributed by atoms with E-state index in [9.17, 15) is 18.0 Å². The molecule has 0 aliphatic carbocycles. The van der Waals surface area contributed by atoms with Gasteiger partial charge in [0.1, 0.15) is 6.54 Å². The normalized spacial score (nSPS) is 11.2. The first-order valence-electron chi connectivity index (χ1n) is 8.86. The molecule has 0 saturated carbocycles. The second-order valence-electron chi connectivity index (χ2n) is 6.69. The monoisotopic (exact) mass is 438 g/mol. The Balaban J connectivity index is 2.46. The van der Waals surface area contributed by atoms with Crippen LogP contribution in [0.15, 0.2) is 47.4 Å². The van der Waals surface area contributed by atoms with E-state index >= 15 is 0 Å². The van der Waals surface area contributed by atoms with Crippen molar-refractivity contribution in [1.82, 2.24) is 0 Å². The first-order valence-corrected chi connectivity index (χ1v) is 10.7. The molecule has 2 rings (SSSR count). The summed E-state index contributed by atoms with van der Waals surface area (Å²) in [7, 11) is -4.08. The highest BCUT2D eigenvalue weighted by Crippen LogP contribution is 2.28. The second-order valence-corrected chi connectivity index (χ2v) is 8.96. The molecule has 9 heteroatoms. The van der Waals surface area contributed by atoms with E-state index < -0.39 is 22.5 Å². The second kappa shape index (κ2) is 9.28. The van der Waals surface area contributed by atoms with Crippen LogP contribution < -0.4 is 9.62 Å². The average molecular weight is 439 g/mol. The number of hydrogen-bond donors (Lipinski definition) is 1. The zero-order valence-corrected chi connectivity index (χ0v) is 18.2. The van der Waals surface area contributed by atoms with Gasteiger partial charge in [0.2, 0.25) is 5.91 Å². The van der Waals surface area contributed by atoms with Crippen LogP contribution >= 0.6 is 11.6 Å². The largest absolute Gasteiger partial charge is 0.462 e. The number of hydrogen-bond acceptors (Lipinski definition) is 5. The van der Waals surface area contributed by atoms with Gasteiger partial charge in [-0.05, 0) is 68.8 Å². The van der Waals surface area contributed by atoms with Gasteiger partial charge in [-0.3, -0.25) is 13.9 Å². The number of nitrogens with zero attached hydrogens (tertiary/aromatic N) is 1. The Hall–Kier alpha value is -2.58. The van der Waals surface area contributed by atoms with E-state index in [-0.39, 0.29) is 16.9 Å². The predicted molar refractivity (Wildman–Crippen MR) is 113 cm³/mol. The van der Waals surface area contributed by atoms with E-state index in [1.165, 1.54) is 37.3 Å². The van der Waals surface area contributed by atoms with E-state index in [2.05, 4.69) is 5.32 Å². The zero-order valence-electron chi connectivity index (χ0n) is 16.6. The van der Waals surface area contributed by atoms with Gasteiger partial charge in [-0.15, -0.1) is 0 Å². The van der Waals surface area contributed by atoms with Crippen molar-refractivity contribution in [3.05, 3.63) is 53.1 Å². The maximum atomic E-state index is 13.3. The number of anilines is 2. The minimum absolute atomic E-state index is 0.0310. The quantitative estimate of drug-likeness (QED) is 0.664. The number of ether oxygens (including phenoxy) is 1. The third-order valence-corrected chi connectivity index (χ3v) is 6.04. The van der Waals surface area contributed by atoms with Crippen molar-refractivity contribution in [2.24, 2.45) is 0 Å². The average Bonchev–Trinajstić information content (AvgIpc) is 2.61. The summed E-state index contributed by atoms with van der Waals surface area (Å²) in [5.74, 6) is -0.943. The first-order chi connectivity index (χ1) is 13.5. The van der Waals surface area contributed by atoms with Gasteiger partial charge >= 0.3 is 5.97 Å². The van der Waals surface area contributed by atoms with Gasteiger partial charge < -0.3 is 10.1 Å². The highest BCUT2D eigenvalue weighted by atomic mass is 35.5. The molecule has 0 saturated heterocycles. The van der Waals surface area contributed by atoms with Crippen LogP contribution in [0.4, 0.5) is 11.4 Å². The minimum atomic E-state index is -4.08. The molecule has 0 bridgehead atoms. The molecule has 2 aromatic carbocycles. The van der Waals surface area contributed by atoms with Gasteiger partial charge in [-0.1, -0.05) is 11.6 Å². The lowest BCUT2D eigenvalue weighted by molar-refractivity contribution is -0.145. The van der Waals surface area contributed by atoms with Crippen LogP contribution in [0.25, 0.3) is 0 Å². The number of esters is 1. The molecule has 1 N–H and O–H groups in total. The summed E-state index contributed by atoms with van der Waals surface area (Å²) in [6, 6.07) is 10.4. The van der Waals surface area contributed by atoms with Crippen LogP contribution in [0.1, 0.15) is 26.3 Å². The lowest BCUT2D eigenvalue weighted by Gasteiger charge is -2.25. The van der Waals surface area contributed by atoms with E-state index in [4.69, 9.17) is 16.3 Å². The Bertz CT molecular complexity index is 1000. The number of carbonyl (C=O) groups is 2. The maximum absolute atomic E-state index is 13.3. The molecule has 0 heterocycles. The van der Waals surface area contributed by atoms with Crippen LogP contribution in [-0.2, 0) is 24.3 Å². The molecular formula is C20H23ClN2O5S. The van der Waals surface area contributed by atoms with Crippen LogP contribution in [0.3, 0.4) is 0 Å². The number of rotatable bonds is 7. The molecule has 0 aliphatic rings. The Morgan fingerprint density at radius 3 is 2.28 bits per heavy atom. The summed E-state index contributed by atoms with van der Waals surface area (Å²) in [6.07, 6.45) is -0.379. The first kappa shape index (κ1) is 22.7. The Labute approximate surface area is 175 Å². The number of benzene rings is 2. The maximum Gasteiger partial charge on any atom is 0.327 e. The molecule has 2 aromatic rings. The van der Waals surface area contributed by atoms with Crippen molar-refractivity contribution in [2.75, 3.05) is 16.2 Å². The third-order valence-electron chi connectivity index (χ3n) is 3.83. The lowest BCUT2D eigenvalue weighted by Crippen LogP contribution is -2.37. The zero-order chi connectivity index (χ0) is 21.8. The lowest BCUT2D eigenvalue weighted by atomic mass is 10.2. The Morgan fingerprint density at radius 2 is 1.76 bits per heavy atom. The molecular weight excluding hydrogens is 416 g/mol. The highest BCUT2D eigenvalue weighted by molar-refractivity contribution is 7.92. The number of halogens is 1. The highest BCUT2D eigenvalue weighted by Gasteiger charge is 2.28. The third kappa shape index (κ3) is 5.95. The predicted octanol–water partition coefficient (Wildman–Crippen LogP) is 3.75. The van der Waals surface area contributed by atoms with Crippen molar-refractivity contribution < 1.29 is 22.7 Å². The number of amides is 1. The van der Waals surface area contributed by atoms with Crippen molar-refractivity contribution in [3.63, 3.8) is 0 Å². The summed E-state index contributed by atoms with van der Waals surface area (Å²) in [4.78, 5) is 23.4. The summed E-state index contributed by atoms with van der Waals surface area (Å²) >= 11 is 6.06. The smallest absolute Gasteiger partial charge is 0.327 e. The summed E-state index contributed by atoms with van der Waals surface area (Å²) < 4.78 is 32.7. The van der Waals surface area contributed by atoms with Crippen LogP contribution in [0.2, 0.25) is 5.02 Å². The number of nitrogens with one attached hydrogen (secondary N) is 1. The van der Waals surface area contributed by atoms with Crippen molar-refractivity contribution in [2.45, 2.75) is 38.7 Å². The van der Waals surface area contributed by atoms with Crippen LogP contribution in [-0.4, -0.2) is 32.9 Å². The Morgan fingerprint density at radius 1 is 1.14 bits per heavy atom. The van der Waals surface area contributed by atoms with Gasteiger partial charge in [0, 0.05) is 17.6 Å². The van der Waals surface area contributed by atoms with E-state index in [1.807, 2.05) is 0 Å². The van der Waals surface area contributed by atoms with Crippen LogP contribution in [0.5, 0.6) is 0 Å². The van der Waals surface area contributed by atoms with E-state index in [0.29, 0.717) is 22.0 Å². The van der Waals surface area contributed by atoms with E-state index in [0.717, 1.165) is 4.31 Å². The molecule has 0 radical (unpaired) electrons.